The molecule has 1 heterocycles. The molecule has 114 valence electrons. The normalized spacial score (nSPS) is 31.9. The van der Waals surface area contributed by atoms with E-state index in [0.29, 0.717) is 11.8 Å². The molecule has 2 aliphatic rings. The van der Waals surface area contributed by atoms with Crippen molar-refractivity contribution in [3.8, 4) is 0 Å². The number of ether oxygens (including phenoxy) is 1. The van der Waals surface area contributed by atoms with Gasteiger partial charge in [0.1, 0.15) is 12.2 Å². The Morgan fingerprint density at radius 2 is 2.10 bits per heavy atom. The third-order valence-corrected chi connectivity index (χ3v) is 5.30. The Kier molecular flexibility index (Phi) is 4.33. The van der Waals surface area contributed by atoms with Crippen LogP contribution in [0, 0.1) is 11.8 Å². The minimum absolute atomic E-state index is 0.237. The van der Waals surface area contributed by atoms with Crippen molar-refractivity contribution in [2.75, 3.05) is 19.7 Å². The summed E-state index contributed by atoms with van der Waals surface area (Å²) in [5.41, 5.74) is 0.639. The molecule has 1 saturated heterocycles. The van der Waals surface area contributed by atoms with Gasteiger partial charge in [-0.1, -0.05) is 34.5 Å². The number of carboxylic acid groups (broad SMARTS) is 1. The molecule has 2 bridgehead atoms. The summed E-state index contributed by atoms with van der Waals surface area (Å²) in [4.78, 5) is 11.1. The molecular formula is C16H20BrNO3. The Morgan fingerprint density at radius 1 is 1.38 bits per heavy atom. The zero-order valence-electron chi connectivity index (χ0n) is 11.8. The summed E-state index contributed by atoms with van der Waals surface area (Å²) in [5, 5.41) is 12.5. The second-order valence-corrected chi connectivity index (χ2v) is 6.88. The molecule has 1 saturated carbocycles. The number of hydrogen-bond donors (Lipinski definition) is 2. The van der Waals surface area contributed by atoms with E-state index in [1.165, 1.54) is 6.42 Å². The number of rotatable bonds is 4. The molecule has 0 spiro atoms. The van der Waals surface area contributed by atoms with Crippen LogP contribution in [-0.4, -0.2) is 30.8 Å². The minimum Gasteiger partial charge on any atom is -0.480 e. The van der Waals surface area contributed by atoms with Gasteiger partial charge < -0.3 is 15.2 Å². The molecule has 1 aliphatic heterocycles. The van der Waals surface area contributed by atoms with Gasteiger partial charge in [-0.05, 0) is 30.5 Å². The van der Waals surface area contributed by atoms with Crippen LogP contribution in [0.3, 0.4) is 0 Å². The van der Waals surface area contributed by atoms with Gasteiger partial charge in [-0.3, -0.25) is 0 Å². The fourth-order valence-electron chi connectivity index (χ4n) is 4.02. The van der Waals surface area contributed by atoms with Crippen LogP contribution in [0.5, 0.6) is 0 Å². The Hall–Kier alpha value is -0.910. The molecule has 21 heavy (non-hydrogen) atoms. The van der Waals surface area contributed by atoms with Gasteiger partial charge in [0.25, 0.3) is 0 Å². The molecule has 2 atom stereocenters. The van der Waals surface area contributed by atoms with Crippen molar-refractivity contribution < 1.29 is 14.6 Å². The van der Waals surface area contributed by atoms with Crippen LogP contribution in [0.25, 0.3) is 0 Å². The lowest BCUT2D eigenvalue weighted by Crippen LogP contribution is -2.58. The van der Waals surface area contributed by atoms with Gasteiger partial charge in [0.15, 0.2) is 0 Å². The van der Waals surface area contributed by atoms with Crippen LogP contribution in [0.2, 0.25) is 0 Å². The first-order valence-corrected chi connectivity index (χ1v) is 8.24. The summed E-state index contributed by atoms with van der Waals surface area (Å²) in [6.45, 7) is 1.55. The van der Waals surface area contributed by atoms with Crippen molar-refractivity contribution in [3.63, 3.8) is 0 Å². The number of piperidine rings is 1. The van der Waals surface area contributed by atoms with Gasteiger partial charge in [-0.15, -0.1) is 0 Å². The van der Waals surface area contributed by atoms with Gasteiger partial charge in [0, 0.05) is 29.4 Å². The molecular weight excluding hydrogens is 334 g/mol. The molecule has 1 aromatic rings. The molecule has 2 N–H and O–H groups in total. The molecule has 2 fully saturated rings. The summed E-state index contributed by atoms with van der Waals surface area (Å²) >= 11 is 3.53. The number of nitrogens with one attached hydrogen (secondary N) is 1. The number of carboxylic acids is 1. The third-order valence-electron chi connectivity index (χ3n) is 4.81. The topological polar surface area (TPSA) is 58.6 Å². The molecule has 3 rings (SSSR count). The molecule has 0 amide bonds. The van der Waals surface area contributed by atoms with Crippen LogP contribution in [0.15, 0.2) is 28.7 Å². The average Bonchev–Trinajstić information content (AvgIpc) is 2.44. The summed E-state index contributed by atoms with van der Waals surface area (Å²) in [7, 11) is 0. The van der Waals surface area contributed by atoms with E-state index in [1.807, 2.05) is 12.1 Å². The first-order valence-electron chi connectivity index (χ1n) is 7.45. The molecule has 4 nitrogen and oxygen atoms in total. The fourth-order valence-corrected chi connectivity index (χ4v) is 4.41. The van der Waals surface area contributed by atoms with E-state index < -0.39 is 11.6 Å². The average molecular weight is 354 g/mol. The van der Waals surface area contributed by atoms with E-state index in [9.17, 15) is 4.79 Å². The first-order chi connectivity index (χ1) is 10.1. The summed E-state index contributed by atoms with van der Waals surface area (Å²) < 4.78 is 7.09. The smallest absolute Gasteiger partial charge is 0.329 e. The number of aliphatic carboxylic acids is 1. The predicted molar refractivity (Wildman–Crippen MR) is 83.1 cm³/mol. The SMILES string of the molecule is O=C(O)COC1(c2cccc(Br)c2)C2CCCC1CNC2. The standard InChI is InChI=1S/C16H20BrNO3/c17-14-6-2-3-11(7-14)16(21-10-15(19)20)12-4-1-5-13(16)9-18-8-12/h2-3,6-7,12-13,18H,1,4-5,8-10H2,(H,19,20). The van der Waals surface area contributed by atoms with E-state index in [2.05, 4.69) is 33.4 Å². The Bertz CT molecular complexity index is 512. The summed E-state index contributed by atoms with van der Waals surface area (Å²) in [5.74, 6) is -0.238. The van der Waals surface area contributed by atoms with Gasteiger partial charge >= 0.3 is 5.97 Å². The van der Waals surface area contributed by atoms with Crippen LogP contribution >= 0.6 is 15.9 Å². The number of carbonyl (C=O) groups is 1. The lowest BCUT2D eigenvalue weighted by atomic mass is 9.63. The molecule has 2 unspecified atom stereocenters. The minimum atomic E-state index is -0.902. The quantitative estimate of drug-likeness (QED) is 0.873. The highest BCUT2D eigenvalue weighted by atomic mass is 79.9. The zero-order chi connectivity index (χ0) is 14.9. The second-order valence-electron chi connectivity index (χ2n) is 5.97. The van der Waals surface area contributed by atoms with E-state index in [-0.39, 0.29) is 6.61 Å². The number of fused-ring (bicyclic) bond motifs is 2. The fraction of sp³-hybridized carbons (Fsp3) is 0.562. The maximum atomic E-state index is 11.1. The van der Waals surface area contributed by atoms with Crippen LogP contribution in [0.4, 0.5) is 0 Å². The van der Waals surface area contributed by atoms with Crippen LogP contribution < -0.4 is 5.32 Å². The largest absolute Gasteiger partial charge is 0.480 e. The lowest BCUT2D eigenvalue weighted by molar-refractivity contribution is -0.181. The molecule has 1 aliphatic carbocycles. The van der Waals surface area contributed by atoms with Gasteiger partial charge in [0.05, 0.1) is 0 Å². The molecule has 0 radical (unpaired) electrons. The Balaban J connectivity index is 2.03. The van der Waals surface area contributed by atoms with Crippen LogP contribution in [0.1, 0.15) is 24.8 Å². The van der Waals surface area contributed by atoms with Crippen molar-refractivity contribution in [2.24, 2.45) is 11.8 Å². The number of hydrogen-bond acceptors (Lipinski definition) is 3. The van der Waals surface area contributed by atoms with E-state index in [0.717, 1.165) is 36.0 Å². The highest BCUT2D eigenvalue weighted by molar-refractivity contribution is 9.10. The van der Waals surface area contributed by atoms with Crippen molar-refractivity contribution in [3.05, 3.63) is 34.3 Å². The highest BCUT2D eigenvalue weighted by Crippen LogP contribution is 2.50. The molecule has 1 aromatic carbocycles. The molecule has 5 heteroatoms. The zero-order valence-corrected chi connectivity index (χ0v) is 13.4. The van der Waals surface area contributed by atoms with Crippen molar-refractivity contribution in [1.29, 1.82) is 0 Å². The first kappa shape index (κ1) is 15.0. The van der Waals surface area contributed by atoms with Crippen LogP contribution in [-0.2, 0) is 15.1 Å². The predicted octanol–water partition coefficient (Wildman–Crippen LogP) is 2.77. The van der Waals surface area contributed by atoms with Crippen molar-refractivity contribution in [1.82, 2.24) is 5.32 Å². The third kappa shape index (κ3) is 2.74. The Labute approximate surface area is 133 Å². The monoisotopic (exact) mass is 353 g/mol. The molecule has 0 aromatic heterocycles. The van der Waals surface area contributed by atoms with Gasteiger partial charge in [0.2, 0.25) is 0 Å². The van der Waals surface area contributed by atoms with E-state index in [4.69, 9.17) is 9.84 Å². The van der Waals surface area contributed by atoms with Crippen molar-refractivity contribution in [2.45, 2.75) is 24.9 Å². The number of benzene rings is 1. The van der Waals surface area contributed by atoms with Gasteiger partial charge in [-0.2, -0.15) is 0 Å². The lowest BCUT2D eigenvalue weighted by Gasteiger charge is -2.53. The Morgan fingerprint density at radius 3 is 2.71 bits per heavy atom. The van der Waals surface area contributed by atoms with Crippen molar-refractivity contribution >= 4 is 21.9 Å². The van der Waals surface area contributed by atoms with E-state index in [1.54, 1.807) is 0 Å². The maximum absolute atomic E-state index is 11.1. The second kappa shape index (κ2) is 6.07. The highest BCUT2D eigenvalue weighted by Gasteiger charge is 2.52. The van der Waals surface area contributed by atoms with Gasteiger partial charge in [-0.25, -0.2) is 4.79 Å². The number of halogens is 1. The summed E-state index contributed by atoms with van der Waals surface area (Å²) in [6, 6.07) is 8.15. The summed E-state index contributed by atoms with van der Waals surface area (Å²) in [6.07, 6.45) is 3.36. The van der Waals surface area contributed by atoms with E-state index >= 15 is 0 Å². The maximum Gasteiger partial charge on any atom is 0.329 e.